The summed E-state index contributed by atoms with van der Waals surface area (Å²) in [5.74, 6) is -0.392. The van der Waals surface area contributed by atoms with E-state index in [0.29, 0.717) is 30.4 Å². The summed E-state index contributed by atoms with van der Waals surface area (Å²) in [6, 6.07) is 18.2. The highest BCUT2D eigenvalue weighted by atomic mass is 32.2. The molecule has 0 aliphatic heterocycles. The van der Waals surface area contributed by atoms with Crippen molar-refractivity contribution in [3.05, 3.63) is 71.8 Å². The lowest BCUT2D eigenvalue weighted by atomic mass is 9.81. The molecule has 2 rings (SSSR count). The zero-order valence-electron chi connectivity index (χ0n) is 17.1. The molecule has 1 atom stereocenters. The summed E-state index contributed by atoms with van der Waals surface area (Å²) in [6.07, 6.45) is 4.88. The summed E-state index contributed by atoms with van der Waals surface area (Å²) in [4.78, 5) is 13.4. The Bertz CT molecular complexity index is 867. The topological polar surface area (TPSA) is 101 Å². The van der Waals surface area contributed by atoms with E-state index >= 15 is 0 Å². The molecule has 7 heteroatoms. The lowest BCUT2D eigenvalue weighted by Gasteiger charge is -2.32. The smallest absolute Gasteiger partial charge is 0.264 e. The summed E-state index contributed by atoms with van der Waals surface area (Å²) in [5, 5.41) is 9.58. The van der Waals surface area contributed by atoms with Crippen LogP contribution in [0.4, 0.5) is 0 Å². The highest BCUT2D eigenvalue weighted by Gasteiger charge is 2.41. The van der Waals surface area contributed by atoms with Gasteiger partial charge in [0.05, 0.1) is 5.75 Å². The Kier molecular flexibility index (Phi) is 9.65. The molecule has 0 bridgehead atoms. The van der Waals surface area contributed by atoms with Gasteiger partial charge in [0, 0.05) is 5.56 Å². The third-order valence-electron chi connectivity index (χ3n) is 5.13. The Labute approximate surface area is 178 Å². The number of carbonyl (C=O) groups is 1. The predicted molar refractivity (Wildman–Crippen MR) is 116 cm³/mol. The average Bonchev–Trinajstić information content (AvgIpc) is 2.75. The molecule has 6 nitrogen and oxygen atoms in total. The van der Waals surface area contributed by atoms with Crippen molar-refractivity contribution in [3.8, 4) is 0 Å². The second kappa shape index (κ2) is 12.0. The number of rotatable bonds is 14. The Morgan fingerprint density at radius 3 is 1.93 bits per heavy atom. The van der Waals surface area contributed by atoms with Crippen molar-refractivity contribution in [3.63, 3.8) is 0 Å². The molecule has 164 valence electrons. The fourth-order valence-electron chi connectivity index (χ4n) is 3.62. The van der Waals surface area contributed by atoms with E-state index in [1.54, 1.807) is 24.3 Å². The van der Waals surface area contributed by atoms with Crippen molar-refractivity contribution >= 4 is 15.9 Å². The molecule has 0 aliphatic carbocycles. The second-order valence-electron chi connectivity index (χ2n) is 7.32. The summed E-state index contributed by atoms with van der Waals surface area (Å²) < 4.78 is 36.0. The van der Waals surface area contributed by atoms with Gasteiger partial charge in [0.25, 0.3) is 10.1 Å². The Morgan fingerprint density at radius 2 is 1.37 bits per heavy atom. The highest BCUT2D eigenvalue weighted by molar-refractivity contribution is 7.85. The number of benzene rings is 2. The Hall–Kier alpha value is -2.06. The van der Waals surface area contributed by atoms with Gasteiger partial charge in [0.2, 0.25) is 0 Å². The molecule has 0 aromatic heterocycles. The fourth-order valence-corrected chi connectivity index (χ4v) is 4.18. The molecule has 0 fully saturated rings. The maximum atomic E-state index is 13.4. The first-order chi connectivity index (χ1) is 14.4. The van der Waals surface area contributed by atoms with Crippen LogP contribution < -0.4 is 0 Å². The fraction of sp³-hybridized carbons (Fsp3) is 0.435. The van der Waals surface area contributed by atoms with Crippen molar-refractivity contribution in [1.82, 2.24) is 0 Å². The van der Waals surface area contributed by atoms with Gasteiger partial charge >= 0.3 is 0 Å². The van der Waals surface area contributed by atoms with Crippen LogP contribution in [0.5, 0.6) is 0 Å². The van der Waals surface area contributed by atoms with Crippen LogP contribution in [-0.2, 0) is 20.5 Å². The second-order valence-corrected chi connectivity index (χ2v) is 8.89. The Morgan fingerprint density at radius 1 is 0.833 bits per heavy atom. The summed E-state index contributed by atoms with van der Waals surface area (Å²) in [7, 11) is -3.89. The zero-order chi connectivity index (χ0) is 21.9. The molecule has 30 heavy (non-hydrogen) atoms. The van der Waals surface area contributed by atoms with Crippen molar-refractivity contribution in [2.24, 2.45) is 0 Å². The molecule has 1 unspecified atom stereocenters. The van der Waals surface area contributed by atoms with Gasteiger partial charge in [-0.05, 0) is 24.8 Å². The number of hydrogen-bond acceptors (Lipinski definition) is 5. The van der Waals surface area contributed by atoms with E-state index in [-0.39, 0.29) is 11.5 Å². The third-order valence-corrected chi connectivity index (χ3v) is 5.94. The molecule has 0 heterocycles. The molecule has 2 aromatic carbocycles. The van der Waals surface area contributed by atoms with Gasteiger partial charge in [-0.2, -0.15) is 8.42 Å². The monoisotopic (exact) mass is 434 g/mol. The number of Topliss-reactive ketones (excluding diaryl/α,β-unsaturated/α-hetero) is 1. The van der Waals surface area contributed by atoms with E-state index in [4.69, 9.17) is 9.29 Å². The normalized spacial score (nSPS) is 13.7. The van der Waals surface area contributed by atoms with E-state index in [0.717, 1.165) is 25.7 Å². The van der Waals surface area contributed by atoms with Gasteiger partial charge in [-0.1, -0.05) is 86.3 Å². The Balaban J connectivity index is 2.04. The third kappa shape index (κ3) is 7.32. The van der Waals surface area contributed by atoms with Crippen LogP contribution in [-0.4, -0.2) is 36.4 Å². The van der Waals surface area contributed by atoms with E-state index < -0.39 is 22.5 Å². The number of aliphatic hydroxyl groups is 1. The molecule has 2 N–H and O–H groups in total. The van der Waals surface area contributed by atoms with Crippen LogP contribution in [0.25, 0.3) is 0 Å². The molecule has 0 saturated heterocycles. The molecular formula is C23H30O6S. The summed E-state index contributed by atoms with van der Waals surface area (Å²) in [6.45, 7) is -0.566. The number of carbonyl (C=O) groups excluding carboxylic acids is 1. The molecule has 2 aromatic rings. The first-order valence-corrected chi connectivity index (χ1v) is 11.9. The minimum atomic E-state index is -3.89. The lowest BCUT2D eigenvalue weighted by molar-refractivity contribution is -0.103. The predicted octanol–water partition coefficient (Wildman–Crippen LogP) is 4.35. The number of hydrogen-bond donors (Lipinski definition) is 2. The van der Waals surface area contributed by atoms with Crippen molar-refractivity contribution in [2.75, 3.05) is 12.5 Å². The van der Waals surface area contributed by atoms with Gasteiger partial charge in [-0.15, -0.1) is 0 Å². The molecule has 0 spiro atoms. The van der Waals surface area contributed by atoms with Crippen LogP contribution >= 0.6 is 0 Å². The maximum Gasteiger partial charge on any atom is 0.264 e. The standard InChI is InChI=1S/C23H30O6S/c24-19-29-23(21-15-9-6-10-16-21,22(25)20-13-7-5-8-14-20)17-11-3-1-2-4-12-18-30(26,27)28/h5-10,13-16,24H,1-4,11-12,17-19H2,(H,26,27,28). The summed E-state index contributed by atoms with van der Waals surface area (Å²) in [5.41, 5.74) is -0.0245. The molecule has 0 amide bonds. The van der Waals surface area contributed by atoms with Crippen LogP contribution in [0, 0.1) is 0 Å². The molecular weight excluding hydrogens is 404 g/mol. The van der Waals surface area contributed by atoms with Gasteiger partial charge in [0.15, 0.2) is 11.4 Å². The minimum absolute atomic E-state index is 0.184. The van der Waals surface area contributed by atoms with E-state index in [1.165, 1.54) is 0 Å². The van der Waals surface area contributed by atoms with Gasteiger partial charge in [-0.25, -0.2) is 0 Å². The van der Waals surface area contributed by atoms with Crippen LogP contribution in [0.15, 0.2) is 60.7 Å². The van der Waals surface area contributed by atoms with E-state index in [1.807, 2.05) is 36.4 Å². The van der Waals surface area contributed by atoms with Crippen molar-refractivity contribution in [2.45, 2.75) is 50.5 Å². The quantitative estimate of drug-likeness (QED) is 0.198. The van der Waals surface area contributed by atoms with Crippen molar-refractivity contribution < 1.29 is 27.6 Å². The minimum Gasteiger partial charge on any atom is -0.371 e. The number of aliphatic hydroxyl groups excluding tert-OH is 1. The van der Waals surface area contributed by atoms with Crippen LogP contribution in [0.1, 0.15) is 60.9 Å². The first kappa shape index (κ1) is 24.2. The van der Waals surface area contributed by atoms with Crippen LogP contribution in [0.2, 0.25) is 0 Å². The highest BCUT2D eigenvalue weighted by Crippen LogP contribution is 2.35. The molecule has 0 saturated carbocycles. The molecule has 0 aliphatic rings. The largest absolute Gasteiger partial charge is 0.371 e. The van der Waals surface area contributed by atoms with Gasteiger partial charge < -0.3 is 9.84 Å². The average molecular weight is 435 g/mol. The van der Waals surface area contributed by atoms with Crippen molar-refractivity contribution in [1.29, 1.82) is 0 Å². The van der Waals surface area contributed by atoms with Crippen LogP contribution in [0.3, 0.4) is 0 Å². The van der Waals surface area contributed by atoms with E-state index in [9.17, 15) is 18.3 Å². The van der Waals surface area contributed by atoms with Gasteiger partial charge in [-0.3, -0.25) is 9.35 Å². The SMILES string of the molecule is O=C(c1ccccc1)C(CCCCCCCCS(=O)(=O)O)(OCO)c1ccccc1. The number of ketones is 1. The van der Waals surface area contributed by atoms with Gasteiger partial charge in [0.1, 0.15) is 6.79 Å². The number of ether oxygens (including phenoxy) is 1. The maximum absolute atomic E-state index is 13.4. The summed E-state index contributed by atoms with van der Waals surface area (Å²) >= 11 is 0. The lowest BCUT2D eigenvalue weighted by Crippen LogP contribution is -2.39. The first-order valence-electron chi connectivity index (χ1n) is 10.2. The zero-order valence-corrected chi connectivity index (χ0v) is 17.9. The molecule has 0 radical (unpaired) electrons. The van der Waals surface area contributed by atoms with E-state index in [2.05, 4.69) is 0 Å². The number of unbranched alkanes of at least 4 members (excludes halogenated alkanes) is 5.